The molecule has 0 heteroatoms. The third kappa shape index (κ3) is 6.00. The van der Waals surface area contributed by atoms with Gasteiger partial charge in [0.2, 0.25) is 0 Å². The third-order valence-electron chi connectivity index (χ3n) is 8.20. The molecule has 2 aliphatic carbocycles. The molecule has 0 saturated heterocycles. The molecule has 2 aliphatic rings. The predicted octanol–water partition coefficient (Wildman–Crippen LogP) is 8.21. The number of hydrogen-bond donors (Lipinski definition) is 0. The Kier molecular flexibility index (Phi) is 8.35. The molecule has 0 aromatic carbocycles. The number of hydrogen-bond acceptors (Lipinski definition) is 0. The van der Waals surface area contributed by atoms with E-state index in [1.165, 1.54) is 57.8 Å². The fraction of sp³-hybridized carbons (Fsp3) is 1.00. The van der Waals surface area contributed by atoms with Crippen LogP contribution in [-0.4, -0.2) is 0 Å². The molecule has 0 nitrogen and oxygen atoms in total. The van der Waals surface area contributed by atoms with Crippen LogP contribution in [0, 0.1) is 53.3 Å². The summed E-state index contributed by atoms with van der Waals surface area (Å²) in [5.41, 5.74) is 0. The van der Waals surface area contributed by atoms with Crippen molar-refractivity contribution in [2.24, 2.45) is 53.3 Å². The van der Waals surface area contributed by atoms with E-state index in [1.54, 1.807) is 0 Å². The van der Waals surface area contributed by atoms with Crippen LogP contribution in [0.25, 0.3) is 0 Å². The molecular weight excluding hydrogens is 300 g/mol. The Hall–Kier alpha value is 0. The molecule has 2 rings (SSSR count). The van der Waals surface area contributed by atoms with E-state index in [2.05, 4.69) is 48.5 Å². The second-order valence-corrected chi connectivity index (χ2v) is 11.0. The minimum atomic E-state index is 0.879. The monoisotopic (exact) mass is 348 g/mol. The topological polar surface area (TPSA) is 0 Å². The highest BCUT2D eigenvalue weighted by Crippen LogP contribution is 2.44. The van der Waals surface area contributed by atoms with E-state index in [0.717, 1.165) is 53.3 Å². The van der Waals surface area contributed by atoms with E-state index >= 15 is 0 Å². The van der Waals surface area contributed by atoms with Crippen molar-refractivity contribution in [3.05, 3.63) is 0 Å². The second kappa shape index (κ2) is 9.80. The maximum atomic E-state index is 2.58. The van der Waals surface area contributed by atoms with E-state index in [4.69, 9.17) is 0 Å². The van der Waals surface area contributed by atoms with Crippen LogP contribution in [0.5, 0.6) is 0 Å². The summed E-state index contributed by atoms with van der Waals surface area (Å²) in [4.78, 5) is 0. The van der Waals surface area contributed by atoms with E-state index in [0.29, 0.717) is 0 Å². The van der Waals surface area contributed by atoms with Crippen molar-refractivity contribution in [2.45, 2.75) is 106 Å². The Labute approximate surface area is 159 Å². The first kappa shape index (κ1) is 21.3. The van der Waals surface area contributed by atoms with Gasteiger partial charge < -0.3 is 0 Å². The van der Waals surface area contributed by atoms with Gasteiger partial charge in [0.1, 0.15) is 0 Å². The van der Waals surface area contributed by atoms with E-state index in [1.807, 2.05) is 0 Å². The summed E-state index contributed by atoms with van der Waals surface area (Å²) in [6.07, 6.45) is 13.4. The first-order valence-corrected chi connectivity index (χ1v) is 11.8. The molecule has 2 fully saturated rings. The standard InChI is InChI=1S/C25H48/c1-17(2)23-13-11-19(5)15-22(23)10-8-9-21(7)25-16-20(6)12-14-24(25)18(3)4/h17-25H,8-16H2,1-7H3. The van der Waals surface area contributed by atoms with Crippen LogP contribution < -0.4 is 0 Å². The normalized spacial score (nSPS) is 38.3. The van der Waals surface area contributed by atoms with Crippen molar-refractivity contribution >= 4 is 0 Å². The van der Waals surface area contributed by atoms with Crippen LogP contribution in [0.3, 0.4) is 0 Å². The summed E-state index contributed by atoms with van der Waals surface area (Å²) in [6, 6.07) is 0. The minimum absolute atomic E-state index is 0.879. The maximum Gasteiger partial charge on any atom is -0.0355 e. The summed E-state index contributed by atoms with van der Waals surface area (Å²) >= 11 is 0. The molecule has 0 aromatic rings. The summed E-state index contributed by atoms with van der Waals surface area (Å²) in [7, 11) is 0. The first-order chi connectivity index (χ1) is 11.8. The van der Waals surface area contributed by atoms with Gasteiger partial charge in [-0.15, -0.1) is 0 Å². The van der Waals surface area contributed by atoms with Crippen molar-refractivity contribution < 1.29 is 0 Å². The molecular formula is C25H48. The average Bonchev–Trinajstić information content (AvgIpc) is 2.54. The molecule has 7 atom stereocenters. The fourth-order valence-corrected chi connectivity index (χ4v) is 6.58. The molecule has 0 bridgehead atoms. The minimum Gasteiger partial charge on any atom is -0.0625 e. The van der Waals surface area contributed by atoms with Gasteiger partial charge in [-0.3, -0.25) is 0 Å². The smallest absolute Gasteiger partial charge is 0.0355 e. The fourth-order valence-electron chi connectivity index (χ4n) is 6.58. The molecule has 0 spiro atoms. The SMILES string of the molecule is CC1CCC(C(C)C)C(CCCC(C)C2CC(C)CCC2C(C)C)C1. The van der Waals surface area contributed by atoms with Gasteiger partial charge in [0.05, 0.1) is 0 Å². The van der Waals surface area contributed by atoms with Crippen molar-refractivity contribution in [3.8, 4) is 0 Å². The Morgan fingerprint density at radius 2 is 1.24 bits per heavy atom. The van der Waals surface area contributed by atoms with Crippen molar-refractivity contribution in [2.75, 3.05) is 0 Å². The van der Waals surface area contributed by atoms with Crippen molar-refractivity contribution in [1.29, 1.82) is 0 Å². The van der Waals surface area contributed by atoms with E-state index < -0.39 is 0 Å². The third-order valence-corrected chi connectivity index (χ3v) is 8.20. The lowest BCUT2D eigenvalue weighted by Gasteiger charge is -2.41. The van der Waals surface area contributed by atoms with Crippen LogP contribution in [0.2, 0.25) is 0 Å². The van der Waals surface area contributed by atoms with Crippen LogP contribution in [0.4, 0.5) is 0 Å². The molecule has 0 N–H and O–H groups in total. The van der Waals surface area contributed by atoms with Crippen LogP contribution >= 0.6 is 0 Å². The Balaban J connectivity index is 1.84. The highest BCUT2D eigenvalue weighted by Gasteiger charge is 2.34. The Morgan fingerprint density at radius 1 is 0.680 bits per heavy atom. The lowest BCUT2D eigenvalue weighted by atomic mass is 9.64. The van der Waals surface area contributed by atoms with Gasteiger partial charge in [0, 0.05) is 0 Å². The highest BCUT2D eigenvalue weighted by atomic mass is 14.4. The van der Waals surface area contributed by atoms with Crippen molar-refractivity contribution in [1.82, 2.24) is 0 Å². The zero-order valence-electron chi connectivity index (χ0n) is 18.6. The molecule has 0 amide bonds. The average molecular weight is 349 g/mol. The summed E-state index contributed by atoms with van der Waals surface area (Å²) in [5.74, 6) is 8.65. The molecule has 2 saturated carbocycles. The lowest BCUT2D eigenvalue weighted by Crippen LogP contribution is -2.32. The molecule has 0 aromatic heterocycles. The van der Waals surface area contributed by atoms with Gasteiger partial charge in [-0.1, -0.05) is 80.6 Å². The number of rotatable bonds is 7. The maximum absolute atomic E-state index is 2.58. The summed E-state index contributed by atoms with van der Waals surface area (Å²) < 4.78 is 0. The first-order valence-electron chi connectivity index (χ1n) is 11.8. The molecule has 0 radical (unpaired) electrons. The Morgan fingerprint density at radius 3 is 1.84 bits per heavy atom. The van der Waals surface area contributed by atoms with Crippen molar-refractivity contribution in [3.63, 3.8) is 0 Å². The molecule has 25 heavy (non-hydrogen) atoms. The predicted molar refractivity (Wildman–Crippen MR) is 113 cm³/mol. The van der Waals surface area contributed by atoms with E-state index in [9.17, 15) is 0 Å². The molecule has 0 aliphatic heterocycles. The molecule has 148 valence electrons. The van der Waals surface area contributed by atoms with E-state index in [-0.39, 0.29) is 0 Å². The van der Waals surface area contributed by atoms with Crippen LogP contribution in [0.15, 0.2) is 0 Å². The van der Waals surface area contributed by atoms with Crippen LogP contribution in [0.1, 0.15) is 106 Å². The quantitative estimate of drug-likeness (QED) is 0.435. The Bertz CT molecular complexity index is 368. The summed E-state index contributed by atoms with van der Waals surface area (Å²) in [6.45, 7) is 17.4. The van der Waals surface area contributed by atoms with Gasteiger partial charge >= 0.3 is 0 Å². The largest absolute Gasteiger partial charge is 0.0625 e. The van der Waals surface area contributed by atoms with Gasteiger partial charge in [-0.2, -0.15) is 0 Å². The lowest BCUT2D eigenvalue weighted by molar-refractivity contribution is 0.0886. The van der Waals surface area contributed by atoms with Gasteiger partial charge in [0.25, 0.3) is 0 Å². The summed E-state index contributed by atoms with van der Waals surface area (Å²) in [5, 5.41) is 0. The molecule has 0 heterocycles. The zero-order valence-corrected chi connectivity index (χ0v) is 18.6. The highest BCUT2D eigenvalue weighted by molar-refractivity contribution is 4.85. The van der Waals surface area contributed by atoms with Crippen LogP contribution in [-0.2, 0) is 0 Å². The van der Waals surface area contributed by atoms with Gasteiger partial charge in [-0.05, 0) is 78.9 Å². The molecule has 7 unspecified atom stereocenters. The second-order valence-electron chi connectivity index (χ2n) is 11.0. The van der Waals surface area contributed by atoms with Gasteiger partial charge in [-0.25, -0.2) is 0 Å². The zero-order chi connectivity index (χ0) is 18.6. The van der Waals surface area contributed by atoms with Gasteiger partial charge in [0.15, 0.2) is 0 Å².